The molecule has 0 spiro atoms. The highest BCUT2D eigenvalue weighted by atomic mass is 35.5. The minimum absolute atomic E-state index is 0.129. The normalized spacial score (nSPS) is 23.9. The lowest BCUT2D eigenvalue weighted by Crippen LogP contribution is -2.25. The van der Waals surface area contributed by atoms with E-state index in [0.29, 0.717) is 11.6 Å². The van der Waals surface area contributed by atoms with E-state index in [1.165, 1.54) is 12.1 Å². The van der Waals surface area contributed by atoms with Gasteiger partial charge in [0.25, 0.3) is 0 Å². The summed E-state index contributed by atoms with van der Waals surface area (Å²) in [6.45, 7) is 0.492. The minimum Gasteiger partial charge on any atom is -0.330 e. The molecule has 1 saturated carbocycles. The maximum absolute atomic E-state index is 13.6. The molecule has 0 aliphatic heterocycles. The van der Waals surface area contributed by atoms with Gasteiger partial charge in [0, 0.05) is 10.9 Å². The second-order valence-corrected chi connectivity index (χ2v) is 4.96. The van der Waals surface area contributed by atoms with E-state index in [2.05, 4.69) is 0 Å². The van der Waals surface area contributed by atoms with Gasteiger partial charge in [0.05, 0.1) is 5.56 Å². The highest BCUT2D eigenvalue weighted by Crippen LogP contribution is 2.34. The highest BCUT2D eigenvalue weighted by Gasteiger charge is 2.33. The van der Waals surface area contributed by atoms with Gasteiger partial charge < -0.3 is 5.73 Å². The average molecular weight is 256 g/mol. The average Bonchev–Trinajstić information content (AvgIpc) is 2.76. The molecule has 0 amide bonds. The van der Waals surface area contributed by atoms with Crippen molar-refractivity contribution >= 4 is 17.4 Å². The molecule has 4 heteroatoms. The van der Waals surface area contributed by atoms with Gasteiger partial charge >= 0.3 is 0 Å². The van der Waals surface area contributed by atoms with Crippen LogP contribution in [0, 0.1) is 17.7 Å². The van der Waals surface area contributed by atoms with Crippen LogP contribution in [0.1, 0.15) is 29.6 Å². The molecule has 0 bridgehead atoms. The van der Waals surface area contributed by atoms with E-state index in [1.54, 1.807) is 6.07 Å². The van der Waals surface area contributed by atoms with E-state index in [9.17, 15) is 9.18 Å². The molecule has 2 atom stereocenters. The molecule has 1 fully saturated rings. The van der Waals surface area contributed by atoms with Crippen molar-refractivity contribution in [1.29, 1.82) is 0 Å². The quantitative estimate of drug-likeness (QED) is 0.844. The topological polar surface area (TPSA) is 43.1 Å². The van der Waals surface area contributed by atoms with E-state index in [1.807, 2.05) is 0 Å². The van der Waals surface area contributed by atoms with Crippen molar-refractivity contribution in [3.8, 4) is 0 Å². The molecule has 0 radical (unpaired) electrons. The van der Waals surface area contributed by atoms with E-state index in [4.69, 9.17) is 17.3 Å². The number of halogens is 2. The number of carbonyl (C=O) groups excluding carboxylic acids is 1. The summed E-state index contributed by atoms with van der Waals surface area (Å²) in [7, 11) is 0. The summed E-state index contributed by atoms with van der Waals surface area (Å²) in [5.74, 6) is -0.606. The number of hydrogen-bond acceptors (Lipinski definition) is 2. The lowest BCUT2D eigenvalue weighted by molar-refractivity contribution is 0.0889. The first kappa shape index (κ1) is 12.5. The fourth-order valence-electron chi connectivity index (χ4n) is 2.55. The molecule has 0 aromatic heterocycles. The third kappa shape index (κ3) is 2.50. The third-order valence-corrected chi connectivity index (χ3v) is 3.73. The molecule has 0 heterocycles. The Morgan fingerprint density at radius 2 is 2.24 bits per heavy atom. The number of Topliss-reactive ketones (excluding diaryl/α,β-unsaturated/α-hetero) is 1. The lowest BCUT2D eigenvalue weighted by atomic mass is 9.88. The molecule has 2 N–H and O–H groups in total. The van der Waals surface area contributed by atoms with Crippen molar-refractivity contribution in [2.24, 2.45) is 17.6 Å². The summed E-state index contributed by atoms with van der Waals surface area (Å²) in [4.78, 5) is 12.2. The van der Waals surface area contributed by atoms with Gasteiger partial charge in [-0.15, -0.1) is 0 Å². The molecule has 0 saturated heterocycles. The van der Waals surface area contributed by atoms with Crippen LogP contribution in [-0.4, -0.2) is 12.3 Å². The van der Waals surface area contributed by atoms with Crippen molar-refractivity contribution in [3.05, 3.63) is 34.6 Å². The predicted octanol–water partition coefficient (Wildman–Crippen LogP) is 3.04. The standard InChI is InChI=1S/C13H15ClFNO/c14-9-4-5-11(12(15)6-9)13(17)10-3-1-2-8(10)7-16/h4-6,8,10H,1-3,7,16H2. The molecular formula is C13H15ClFNO. The third-order valence-electron chi connectivity index (χ3n) is 3.50. The molecule has 2 unspecified atom stereocenters. The van der Waals surface area contributed by atoms with Crippen molar-refractivity contribution in [2.75, 3.05) is 6.54 Å². The van der Waals surface area contributed by atoms with Crippen LogP contribution in [0.3, 0.4) is 0 Å². The van der Waals surface area contributed by atoms with Crippen LogP contribution in [0.5, 0.6) is 0 Å². The first-order chi connectivity index (χ1) is 8.13. The Hall–Kier alpha value is -0.930. The Bertz CT molecular complexity index is 435. The fourth-order valence-corrected chi connectivity index (χ4v) is 2.71. The molecule has 1 aromatic rings. The van der Waals surface area contributed by atoms with Gasteiger partial charge in [-0.3, -0.25) is 4.79 Å². The van der Waals surface area contributed by atoms with Crippen LogP contribution in [0.2, 0.25) is 5.02 Å². The summed E-state index contributed by atoms with van der Waals surface area (Å²) in [6.07, 6.45) is 2.76. The number of carbonyl (C=O) groups is 1. The monoisotopic (exact) mass is 255 g/mol. The summed E-state index contributed by atoms with van der Waals surface area (Å²) in [5, 5.41) is 0.306. The zero-order valence-corrected chi connectivity index (χ0v) is 10.2. The predicted molar refractivity (Wildman–Crippen MR) is 65.6 cm³/mol. The molecule has 2 rings (SSSR count). The van der Waals surface area contributed by atoms with Crippen molar-refractivity contribution < 1.29 is 9.18 Å². The Kier molecular flexibility index (Phi) is 3.79. The van der Waals surface area contributed by atoms with Gasteiger partial charge in [0.15, 0.2) is 5.78 Å². The molecule has 17 heavy (non-hydrogen) atoms. The number of hydrogen-bond donors (Lipinski definition) is 1. The van der Waals surface area contributed by atoms with Crippen LogP contribution in [0.15, 0.2) is 18.2 Å². The summed E-state index contributed by atoms with van der Waals surface area (Å²) >= 11 is 5.67. The van der Waals surface area contributed by atoms with Crippen LogP contribution < -0.4 is 5.73 Å². The zero-order chi connectivity index (χ0) is 12.4. The minimum atomic E-state index is -0.537. The van der Waals surface area contributed by atoms with Crippen LogP contribution >= 0.6 is 11.6 Å². The van der Waals surface area contributed by atoms with Crippen molar-refractivity contribution in [3.63, 3.8) is 0 Å². The fraction of sp³-hybridized carbons (Fsp3) is 0.462. The van der Waals surface area contributed by atoms with E-state index < -0.39 is 5.82 Å². The van der Waals surface area contributed by atoms with E-state index in [-0.39, 0.29) is 23.2 Å². The maximum Gasteiger partial charge on any atom is 0.169 e. The Labute approximate surface area is 105 Å². The zero-order valence-electron chi connectivity index (χ0n) is 9.46. The van der Waals surface area contributed by atoms with Crippen molar-refractivity contribution in [1.82, 2.24) is 0 Å². The van der Waals surface area contributed by atoms with Crippen LogP contribution in [-0.2, 0) is 0 Å². The van der Waals surface area contributed by atoms with Gasteiger partial charge in [-0.2, -0.15) is 0 Å². The first-order valence-electron chi connectivity index (χ1n) is 5.83. The summed E-state index contributed by atoms with van der Waals surface area (Å²) < 4.78 is 13.6. The number of ketones is 1. The smallest absolute Gasteiger partial charge is 0.169 e. The van der Waals surface area contributed by atoms with Gasteiger partial charge in [0.2, 0.25) is 0 Å². The van der Waals surface area contributed by atoms with Crippen molar-refractivity contribution in [2.45, 2.75) is 19.3 Å². The van der Waals surface area contributed by atoms with Gasteiger partial charge in [-0.1, -0.05) is 18.0 Å². The van der Waals surface area contributed by atoms with E-state index in [0.717, 1.165) is 19.3 Å². The Morgan fingerprint density at radius 3 is 2.88 bits per heavy atom. The van der Waals surface area contributed by atoms with Gasteiger partial charge in [0.1, 0.15) is 5.82 Å². The number of benzene rings is 1. The lowest BCUT2D eigenvalue weighted by Gasteiger charge is -2.16. The van der Waals surface area contributed by atoms with Gasteiger partial charge in [-0.05, 0) is 43.5 Å². The summed E-state index contributed by atoms with van der Waals surface area (Å²) in [5.41, 5.74) is 5.77. The first-order valence-corrected chi connectivity index (χ1v) is 6.20. The molecule has 2 nitrogen and oxygen atoms in total. The highest BCUT2D eigenvalue weighted by molar-refractivity contribution is 6.30. The molecule has 92 valence electrons. The Balaban J connectivity index is 2.24. The Morgan fingerprint density at radius 1 is 1.47 bits per heavy atom. The second kappa shape index (κ2) is 5.15. The summed E-state index contributed by atoms with van der Waals surface area (Å²) in [6, 6.07) is 4.19. The van der Waals surface area contributed by atoms with Crippen LogP contribution in [0.4, 0.5) is 4.39 Å². The largest absolute Gasteiger partial charge is 0.330 e. The molecule has 1 aromatic carbocycles. The number of rotatable bonds is 3. The maximum atomic E-state index is 13.6. The molecule has 1 aliphatic carbocycles. The number of nitrogens with two attached hydrogens (primary N) is 1. The molecular weight excluding hydrogens is 241 g/mol. The second-order valence-electron chi connectivity index (χ2n) is 4.52. The van der Waals surface area contributed by atoms with Gasteiger partial charge in [-0.25, -0.2) is 4.39 Å². The van der Waals surface area contributed by atoms with Crippen LogP contribution in [0.25, 0.3) is 0 Å². The SMILES string of the molecule is NCC1CCCC1C(=O)c1ccc(Cl)cc1F. The molecule has 1 aliphatic rings. The van der Waals surface area contributed by atoms with E-state index >= 15 is 0 Å².